The highest BCUT2D eigenvalue weighted by atomic mass is 16.5. The van der Waals surface area contributed by atoms with Gasteiger partial charge in [0.25, 0.3) is 5.91 Å². The third-order valence-corrected chi connectivity index (χ3v) is 4.58. The minimum atomic E-state index is -0.777. The Balaban J connectivity index is 1.35. The minimum absolute atomic E-state index is 0.365. The van der Waals surface area contributed by atoms with E-state index in [9.17, 15) is 14.4 Å². The number of rotatable bonds is 6. The van der Waals surface area contributed by atoms with E-state index in [1.54, 1.807) is 48.5 Å². The number of benzene rings is 3. The van der Waals surface area contributed by atoms with Crippen molar-refractivity contribution in [1.82, 2.24) is 10.2 Å². The first-order valence-electron chi connectivity index (χ1n) is 9.40. The largest absolute Gasteiger partial charge is 0.457 e. The van der Waals surface area contributed by atoms with E-state index in [-0.39, 0.29) is 6.54 Å². The predicted molar refractivity (Wildman–Crippen MR) is 111 cm³/mol. The third kappa shape index (κ3) is 4.30. The predicted octanol–water partition coefficient (Wildman–Crippen LogP) is 3.71. The number of amides is 4. The van der Waals surface area contributed by atoms with Crippen LogP contribution in [0, 0.1) is 0 Å². The average molecular weight is 401 g/mol. The molecule has 1 heterocycles. The zero-order chi connectivity index (χ0) is 20.9. The molecule has 3 aromatic rings. The Labute approximate surface area is 173 Å². The van der Waals surface area contributed by atoms with E-state index in [2.05, 4.69) is 10.6 Å². The topological polar surface area (TPSA) is 87.7 Å². The quantitative estimate of drug-likeness (QED) is 0.617. The number of anilines is 1. The van der Waals surface area contributed by atoms with E-state index in [4.69, 9.17) is 4.74 Å². The van der Waals surface area contributed by atoms with Gasteiger partial charge in [-0.15, -0.1) is 0 Å². The number of urea groups is 1. The van der Waals surface area contributed by atoms with E-state index in [0.717, 1.165) is 4.90 Å². The molecule has 3 aromatic carbocycles. The summed E-state index contributed by atoms with van der Waals surface area (Å²) in [7, 11) is 0. The summed E-state index contributed by atoms with van der Waals surface area (Å²) < 4.78 is 5.71. The summed E-state index contributed by atoms with van der Waals surface area (Å²) in [5, 5.41) is 5.30. The highest BCUT2D eigenvalue weighted by Crippen LogP contribution is 2.23. The molecule has 0 bridgehead atoms. The summed E-state index contributed by atoms with van der Waals surface area (Å²) in [5.41, 5.74) is 1.21. The molecule has 30 heavy (non-hydrogen) atoms. The van der Waals surface area contributed by atoms with Crippen LogP contribution in [-0.2, 0) is 9.59 Å². The first-order valence-corrected chi connectivity index (χ1v) is 9.40. The van der Waals surface area contributed by atoms with E-state index < -0.39 is 23.9 Å². The Morgan fingerprint density at radius 2 is 1.47 bits per heavy atom. The molecule has 0 aliphatic carbocycles. The van der Waals surface area contributed by atoms with Crippen LogP contribution in [0.15, 0.2) is 84.9 Å². The van der Waals surface area contributed by atoms with Crippen molar-refractivity contribution in [3.8, 4) is 11.5 Å². The van der Waals surface area contributed by atoms with Crippen LogP contribution in [0.4, 0.5) is 10.5 Å². The number of nitrogens with one attached hydrogen (secondary N) is 2. The maximum atomic E-state index is 12.6. The SMILES string of the molecule is O=C(CN1C(=O)NC(c2ccccc2)C1=O)Nc1ccc(Oc2ccccc2)cc1. The molecule has 7 heteroatoms. The van der Waals surface area contributed by atoms with Crippen molar-refractivity contribution in [2.24, 2.45) is 0 Å². The molecule has 7 nitrogen and oxygen atoms in total. The molecule has 1 saturated heterocycles. The van der Waals surface area contributed by atoms with Gasteiger partial charge in [-0.05, 0) is 42.0 Å². The highest BCUT2D eigenvalue weighted by Gasteiger charge is 2.39. The number of hydrogen-bond acceptors (Lipinski definition) is 4. The van der Waals surface area contributed by atoms with Gasteiger partial charge in [0, 0.05) is 5.69 Å². The number of para-hydroxylation sites is 1. The third-order valence-electron chi connectivity index (χ3n) is 4.58. The van der Waals surface area contributed by atoms with Crippen LogP contribution in [0.2, 0.25) is 0 Å². The number of carbonyl (C=O) groups excluding carboxylic acids is 3. The zero-order valence-corrected chi connectivity index (χ0v) is 15.9. The molecule has 0 spiro atoms. The molecule has 4 amide bonds. The molecular formula is C23H19N3O4. The molecule has 2 N–H and O–H groups in total. The van der Waals surface area contributed by atoms with E-state index in [1.807, 2.05) is 36.4 Å². The standard InChI is InChI=1S/C23H19N3O4/c27-20(15-26-22(28)21(25-23(26)29)16-7-3-1-4-8-16)24-17-11-13-19(14-12-17)30-18-9-5-2-6-10-18/h1-14,21H,15H2,(H,24,27)(H,25,29). The summed E-state index contributed by atoms with van der Waals surface area (Å²) in [6.45, 7) is -0.365. The second-order valence-electron chi connectivity index (χ2n) is 6.71. The molecule has 150 valence electrons. The van der Waals surface area contributed by atoms with E-state index in [1.165, 1.54) is 0 Å². The number of hydrogen-bond donors (Lipinski definition) is 2. The highest BCUT2D eigenvalue weighted by molar-refractivity contribution is 6.08. The van der Waals surface area contributed by atoms with Gasteiger partial charge in [-0.25, -0.2) is 4.79 Å². The van der Waals surface area contributed by atoms with Crippen molar-refractivity contribution in [1.29, 1.82) is 0 Å². The lowest BCUT2D eigenvalue weighted by molar-refractivity contribution is -0.130. The van der Waals surface area contributed by atoms with Gasteiger partial charge < -0.3 is 15.4 Å². The summed E-state index contributed by atoms with van der Waals surface area (Å²) in [6.07, 6.45) is 0. The van der Waals surface area contributed by atoms with Gasteiger partial charge in [-0.1, -0.05) is 48.5 Å². The molecule has 0 saturated carbocycles. The lowest BCUT2D eigenvalue weighted by Crippen LogP contribution is -2.38. The Morgan fingerprint density at radius 1 is 0.867 bits per heavy atom. The van der Waals surface area contributed by atoms with Crippen molar-refractivity contribution >= 4 is 23.5 Å². The monoisotopic (exact) mass is 401 g/mol. The van der Waals surface area contributed by atoms with Gasteiger partial charge in [0.1, 0.15) is 24.1 Å². The van der Waals surface area contributed by atoms with Crippen molar-refractivity contribution in [2.45, 2.75) is 6.04 Å². The van der Waals surface area contributed by atoms with Crippen LogP contribution in [0.1, 0.15) is 11.6 Å². The van der Waals surface area contributed by atoms with Gasteiger partial charge in [-0.2, -0.15) is 0 Å². The Bertz CT molecular complexity index is 1050. The molecule has 1 atom stereocenters. The maximum absolute atomic E-state index is 12.6. The lowest BCUT2D eigenvalue weighted by atomic mass is 10.1. The van der Waals surface area contributed by atoms with Gasteiger partial charge in [0.05, 0.1) is 0 Å². The summed E-state index contributed by atoms with van der Waals surface area (Å²) in [6, 6.07) is 23.7. The molecule has 1 unspecified atom stereocenters. The van der Waals surface area contributed by atoms with Gasteiger partial charge in [0.2, 0.25) is 5.91 Å². The molecule has 0 aromatic heterocycles. The second-order valence-corrected chi connectivity index (χ2v) is 6.71. The minimum Gasteiger partial charge on any atom is -0.457 e. The number of imide groups is 1. The van der Waals surface area contributed by atoms with Gasteiger partial charge in [0.15, 0.2) is 0 Å². The van der Waals surface area contributed by atoms with Crippen LogP contribution in [-0.4, -0.2) is 29.3 Å². The van der Waals surface area contributed by atoms with Crippen molar-refractivity contribution in [2.75, 3.05) is 11.9 Å². The molecule has 0 radical (unpaired) electrons. The fourth-order valence-electron chi connectivity index (χ4n) is 3.12. The van der Waals surface area contributed by atoms with Crippen LogP contribution in [0.3, 0.4) is 0 Å². The Morgan fingerprint density at radius 3 is 2.13 bits per heavy atom. The number of nitrogens with zero attached hydrogens (tertiary/aromatic N) is 1. The van der Waals surface area contributed by atoms with Crippen LogP contribution in [0.5, 0.6) is 11.5 Å². The van der Waals surface area contributed by atoms with Crippen molar-refractivity contribution < 1.29 is 19.1 Å². The molecule has 1 aliphatic heterocycles. The van der Waals surface area contributed by atoms with Crippen LogP contribution in [0.25, 0.3) is 0 Å². The van der Waals surface area contributed by atoms with Crippen LogP contribution < -0.4 is 15.4 Å². The fraction of sp³-hybridized carbons (Fsp3) is 0.0870. The average Bonchev–Trinajstić information content (AvgIpc) is 3.05. The smallest absolute Gasteiger partial charge is 0.325 e. The number of carbonyl (C=O) groups is 3. The second kappa shape index (κ2) is 8.48. The summed E-state index contributed by atoms with van der Waals surface area (Å²) >= 11 is 0. The maximum Gasteiger partial charge on any atom is 0.325 e. The summed E-state index contributed by atoms with van der Waals surface area (Å²) in [5.74, 6) is 0.414. The molecule has 4 rings (SSSR count). The lowest BCUT2D eigenvalue weighted by Gasteiger charge is -2.13. The normalized spacial score (nSPS) is 15.6. The Hall–Kier alpha value is -4.13. The van der Waals surface area contributed by atoms with Gasteiger partial charge in [-0.3, -0.25) is 14.5 Å². The summed E-state index contributed by atoms with van der Waals surface area (Å²) in [4.78, 5) is 38.0. The zero-order valence-electron chi connectivity index (χ0n) is 15.9. The Kier molecular flexibility index (Phi) is 5.43. The van der Waals surface area contributed by atoms with E-state index >= 15 is 0 Å². The van der Waals surface area contributed by atoms with Crippen molar-refractivity contribution in [3.05, 3.63) is 90.5 Å². The number of ether oxygens (including phenoxy) is 1. The van der Waals surface area contributed by atoms with Crippen LogP contribution >= 0.6 is 0 Å². The fourth-order valence-corrected chi connectivity index (χ4v) is 3.12. The first-order chi connectivity index (χ1) is 14.6. The van der Waals surface area contributed by atoms with E-state index in [0.29, 0.717) is 22.7 Å². The van der Waals surface area contributed by atoms with Crippen molar-refractivity contribution in [3.63, 3.8) is 0 Å². The molecule has 1 fully saturated rings. The molecular weight excluding hydrogens is 382 g/mol. The first kappa shape index (κ1) is 19.2. The van der Waals surface area contributed by atoms with Gasteiger partial charge >= 0.3 is 6.03 Å². The molecule has 1 aliphatic rings.